The van der Waals surface area contributed by atoms with Crippen LogP contribution in [-0.4, -0.2) is 36.4 Å². The van der Waals surface area contributed by atoms with Gasteiger partial charge in [0.15, 0.2) is 6.61 Å². The molecule has 7 heteroatoms. The Morgan fingerprint density at radius 3 is 2.48 bits per heavy atom. The number of carbonyl (C=O) groups excluding carboxylic acids is 2. The van der Waals surface area contributed by atoms with Crippen LogP contribution in [0.5, 0.6) is 5.75 Å². The van der Waals surface area contributed by atoms with Crippen LogP contribution in [0.15, 0.2) is 46.9 Å². The number of amides is 2. The Labute approximate surface area is 172 Å². The van der Waals surface area contributed by atoms with Crippen LogP contribution in [-0.2, 0) is 16.1 Å². The van der Waals surface area contributed by atoms with Gasteiger partial charge in [0, 0.05) is 18.1 Å². The molecule has 0 radical (unpaired) electrons. The first-order valence-electron chi connectivity index (χ1n) is 8.46. The molecule has 0 bridgehead atoms. The highest BCUT2D eigenvalue weighted by Crippen LogP contribution is 2.27. The van der Waals surface area contributed by atoms with E-state index in [0.717, 1.165) is 15.6 Å². The van der Waals surface area contributed by atoms with Gasteiger partial charge in [-0.2, -0.15) is 0 Å². The van der Waals surface area contributed by atoms with Crippen molar-refractivity contribution in [1.29, 1.82) is 0 Å². The summed E-state index contributed by atoms with van der Waals surface area (Å²) in [5.74, 6) is -0.126. The number of halogens is 2. The van der Waals surface area contributed by atoms with Gasteiger partial charge in [-0.3, -0.25) is 9.59 Å². The van der Waals surface area contributed by atoms with Gasteiger partial charge in [-0.15, -0.1) is 0 Å². The number of rotatable bonds is 7. The summed E-state index contributed by atoms with van der Waals surface area (Å²) in [4.78, 5) is 26.4. The molecule has 0 unspecified atom stereocenters. The molecule has 1 N–H and O–H groups in total. The largest absolute Gasteiger partial charge is 0.482 e. The minimum absolute atomic E-state index is 0.214. The van der Waals surface area contributed by atoms with Crippen LogP contribution in [0.2, 0.25) is 5.02 Å². The Morgan fingerprint density at radius 1 is 1.22 bits per heavy atom. The molecule has 2 aromatic carbocycles. The zero-order chi connectivity index (χ0) is 20.0. The zero-order valence-corrected chi connectivity index (χ0v) is 17.8. The third kappa shape index (κ3) is 5.97. The average molecular weight is 454 g/mol. The number of nitrogens with zero attached hydrogens (tertiary/aromatic N) is 1. The van der Waals surface area contributed by atoms with E-state index in [1.807, 2.05) is 31.2 Å². The van der Waals surface area contributed by atoms with Crippen molar-refractivity contribution in [3.8, 4) is 5.75 Å². The number of carbonyl (C=O) groups is 2. The molecule has 0 saturated carbocycles. The minimum atomic E-state index is -0.632. The predicted molar refractivity (Wildman–Crippen MR) is 110 cm³/mol. The van der Waals surface area contributed by atoms with Crippen molar-refractivity contribution in [2.24, 2.45) is 0 Å². The Morgan fingerprint density at radius 2 is 1.89 bits per heavy atom. The van der Waals surface area contributed by atoms with Crippen LogP contribution in [0.3, 0.4) is 0 Å². The quantitative estimate of drug-likeness (QED) is 0.690. The lowest BCUT2D eigenvalue weighted by atomic mass is 10.1. The SMILES string of the molecule is CNC(=O)[C@H](C)N(Cc1ccc(C)cc1)C(=O)COc1ccc(Br)cc1Cl. The van der Waals surface area contributed by atoms with Gasteiger partial charge < -0.3 is 15.0 Å². The van der Waals surface area contributed by atoms with Crippen LogP contribution in [0, 0.1) is 6.92 Å². The number of aryl methyl sites for hydroxylation is 1. The Hall–Kier alpha value is -2.05. The highest BCUT2D eigenvalue weighted by molar-refractivity contribution is 9.10. The standard InChI is InChI=1S/C20H22BrClN2O3/c1-13-4-6-15(7-5-13)11-24(14(2)20(26)23-3)19(25)12-27-18-9-8-16(21)10-17(18)22/h4-10,14H,11-12H2,1-3H3,(H,23,26)/t14-/m0/s1. The van der Waals surface area contributed by atoms with Crippen molar-refractivity contribution in [2.75, 3.05) is 13.7 Å². The molecule has 0 aliphatic carbocycles. The van der Waals surface area contributed by atoms with Gasteiger partial charge >= 0.3 is 0 Å². The van der Waals surface area contributed by atoms with Gasteiger partial charge in [0.2, 0.25) is 5.91 Å². The molecule has 0 saturated heterocycles. The zero-order valence-electron chi connectivity index (χ0n) is 15.5. The van der Waals surface area contributed by atoms with Crippen LogP contribution in [0.1, 0.15) is 18.1 Å². The summed E-state index contributed by atoms with van der Waals surface area (Å²) in [6, 6.07) is 12.4. The molecule has 2 aromatic rings. The topological polar surface area (TPSA) is 58.6 Å². The van der Waals surface area contributed by atoms with E-state index in [4.69, 9.17) is 16.3 Å². The number of hydrogen-bond donors (Lipinski definition) is 1. The second kappa shape index (κ2) is 9.76. The van der Waals surface area contributed by atoms with Crippen molar-refractivity contribution in [1.82, 2.24) is 10.2 Å². The molecule has 0 aliphatic heterocycles. The fourth-order valence-corrected chi connectivity index (χ4v) is 3.22. The van der Waals surface area contributed by atoms with Crippen LogP contribution < -0.4 is 10.1 Å². The highest BCUT2D eigenvalue weighted by atomic mass is 79.9. The summed E-state index contributed by atoms with van der Waals surface area (Å²) in [5.41, 5.74) is 2.07. The van der Waals surface area contributed by atoms with Crippen LogP contribution >= 0.6 is 27.5 Å². The van der Waals surface area contributed by atoms with E-state index in [-0.39, 0.29) is 18.4 Å². The summed E-state index contributed by atoms with van der Waals surface area (Å²) in [5, 5.41) is 2.99. The normalized spacial score (nSPS) is 11.6. The first-order chi connectivity index (χ1) is 12.8. The van der Waals surface area contributed by atoms with Gasteiger partial charge in [0.05, 0.1) is 5.02 Å². The van der Waals surface area contributed by atoms with E-state index in [9.17, 15) is 9.59 Å². The predicted octanol–water partition coefficient (Wildman–Crippen LogP) is 3.95. The van der Waals surface area contributed by atoms with Gasteiger partial charge in [-0.05, 0) is 37.6 Å². The first-order valence-corrected chi connectivity index (χ1v) is 9.63. The second-order valence-electron chi connectivity index (χ2n) is 6.16. The number of nitrogens with one attached hydrogen (secondary N) is 1. The second-order valence-corrected chi connectivity index (χ2v) is 7.48. The van der Waals surface area contributed by atoms with Crippen molar-refractivity contribution < 1.29 is 14.3 Å². The Kier molecular flexibility index (Phi) is 7.68. The minimum Gasteiger partial charge on any atom is -0.482 e. The summed E-state index contributed by atoms with van der Waals surface area (Å²) in [6.07, 6.45) is 0. The lowest BCUT2D eigenvalue weighted by Crippen LogP contribution is -2.48. The fraction of sp³-hybridized carbons (Fsp3) is 0.300. The molecule has 1 atom stereocenters. The maximum absolute atomic E-state index is 12.8. The molecule has 0 spiro atoms. The van der Waals surface area contributed by atoms with Gasteiger partial charge in [0.1, 0.15) is 11.8 Å². The monoisotopic (exact) mass is 452 g/mol. The Bertz CT molecular complexity index is 811. The molecule has 27 heavy (non-hydrogen) atoms. The Balaban J connectivity index is 2.14. The molecular weight excluding hydrogens is 432 g/mol. The number of likely N-dealkylation sites (N-methyl/N-ethyl adjacent to an activating group) is 1. The molecule has 0 heterocycles. The molecule has 5 nitrogen and oxygen atoms in total. The molecule has 2 amide bonds. The summed E-state index contributed by atoms with van der Waals surface area (Å²) in [6.45, 7) is 3.78. The van der Waals surface area contributed by atoms with Gasteiger partial charge in [0.25, 0.3) is 5.91 Å². The number of hydrogen-bond acceptors (Lipinski definition) is 3. The molecule has 0 fully saturated rings. The molecule has 0 aliphatic rings. The maximum atomic E-state index is 12.8. The first kappa shape index (κ1) is 21.3. The van der Waals surface area contributed by atoms with Crippen molar-refractivity contribution in [3.63, 3.8) is 0 Å². The van der Waals surface area contributed by atoms with Crippen molar-refractivity contribution in [2.45, 2.75) is 26.4 Å². The van der Waals surface area contributed by atoms with E-state index in [0.29, 0.717) is 17.3 Å². The summed E-state index contributed by atoms with van der Waals surface area (Å²) < 4.78 is 6.40. The summed E-state index contributed by atoms with van der Waals surface area (Å²) in [7, 11) is 1.55. The average Bonchev–Trinajstić information content (AvgIpc) is 2.65. The maximum Gasteiger partial charge on any atom is 0.261 e. The third-order valence-electron chi connectivity index (χ3n) is 4.13. The smallest absolute Gasteiger partial charge is 0.261 e. The third-order valence-corrected chi connectivity index (χ3v) is 4.92. The van der Waals surface area contributed by atoms with Crippen LogP contribution in [0.25, 0.3) is 0 Å². The molecule has 144 valence electrons. The molecular formula is C20H22BrClN2O3. The fourth-order valence-electron chi connectivity index (χ4n) is 2.50. The molecule has 0 aromatic heterocycles. The van der Waals surface area contributed by atoms with Crippen molar-refractivity contribution >= 4 is 39.3 Å². The number of ether oxygens (including phenoxy) is 1. The number of benzene rings is 2. The van der Waals surface area contributed by atoms with Gasteiger partial charge in [-0.25, -0.2) is 0 Å². The van der Waals surface area contributed by atoms with Gasteiger partial charge in [-0.1, -0.05) is 57.4 Å². The summed E-state index contributed by atoms with van der Waals surface area (Å²) >= 11 is 9.45. The molecule has 2 rings (SSSR count). The van der Waals surface area contributed by atoms with E-state index >= 15 is 0 Å². The lowest BCUT2D eigenvalue weighted by Gasteiger charge is -2.28. The van der Waals surface area contributed by atoms with E-state index in [1.165, 1.54) is 4.90 Å². The van der Waals surface area contributed by atoms with E-state index in [1.54, 1.807) is 32.2 Å². The lowest BCUT2D eigenvalue weighted by molar-refractivity contribution is -0.142. The van der Waals surface area contributed by atoms with Crippen LogP contribution in [0.4, 0.5) is 0 Å². The highest BCUT2D eigenvalue weighted by Gasteiger charge is 2.26. The van der Waals surface area contributed by atoms with E-state index < -0.39 is 6.04 Å². The van der Waals surface area contributed by atoms with E-state index in [2.05, 4.69) is 21.2 Å². The van der Waals surface area contributed by atoms with Crippen molar-refractivity contribution in [3.05, 3.63) is 63.1 Å².